The van der Waals surface area contributed by atoms with Crippen molar-refractivity contribution in [3.8, 4) is 11.1 Å². The molecule has 0 amide bonds. The summed E-state index contributed by atoms with van der Waals surface area (Å²) in [7, 11) is 0. The number of hydrogen-bond acceptors (Lipinski definition) is 2. The molecule has 1 fully saturated rings. The third-order valence-electron chi connectivity index (χ3n) is 6.54. The van der Waals surface area contributed by atoms with Crippen LogP contribution in [0.3, 0.4) is 0 Å². The van der Waals surface area contributed by atoms with Crippen LogP contribution in [0.25, 0.3) is 11.1 Å². The standard InChI is InChI=1S/C26H37FN2/c1-3-5-7-9-20-11-13-22(14-12-20)26-28-18-24(19-29-26)23-16-15-21(25(27)17-23)10-8-6-4-2/h15-20,22H,3-14H2,1-2H3/t20-,22-. The molecule has 0 atom stereocenters. The average Bonchev–Trinajstić information content (AvgIpc) is 2.76. The van der Waals surface area contributed by atoms with Gasteiger partial charge in [-0.3, -0.25) is 0 Å². The van der Waals surface area contributed by atoms with Gasteiger partial charge in [-0.2, -0.15) is 0 Å². The molecular formula is C26H37FN2. The van der Waals surface area contributed by atoms with Crippen molar-refractivity contribution in [1.82, 2.24) is 9.97 Å². The smallest absolute Gasteiger partial charge is 0.131 e. The van der Waals surface area contributed by atoms with E-state index in [0.29, 0.717) is 5.92 Å². The average molecular weight is 397 g/mol. The highest BCUT2D eigenvalue weighted by atomic mass is 19.1. The summed E-state index contributed by atoms with van der Waals surface area (Å²) < 4.78 is 14.4. The van der Waals surface area contributed by atoms with Crippen molar-refractivity contribution in [2.75, 3.05) is 0 Å². The highest BCUT2D eigenvalue weighted by Crippen LogP contribution is 2.36. The van der Waals surface area contributed by atoms with E-state index in [1.807, 2.05) is 24.5 Å². The number of rotatable bonds is 10. The molecule has 0 N–H and O–H groups in total. The van der Waals surface area contributed by atoms with Gasteiger partial charge in [-0.25, -0.2) is 14.4 Å². The van der Waals surface area contributed by atoms with Crippen molar-refractivity contribution in [3.05, 3.63) is 47.8 Å². The highest BCUT2D eigenvalue weighted by Gasteiger charge is 2.23. The van der Waals surface area contributed by atoms with Crippen LogP contribution in [0, 0.1) is 11.7 Å². The summed E-state index contributed by atoms with van der Waals surface area (Å²) in [6.45, 7) is 4.44. The van der Waals surface area contributed by atoms with Crippen molar-refractivity contribution in [1.29, 1.82) is 0 Å². The molecule has 3 heteroatoms. The van der Waals surface area contributed by atoms with Crippen LogP contribution >= 0.6 is 0 Å². The quantitative estimate of drug-likeness (QED) is 0.382. The van der Waals surface area contributed by atoms with Gasteiger partial charge in [0.1, 0.15) is 11.6 Å². The molecule has 29 heavy (non-hydrogen) atoms. The Kier molecular flexibility index (Phi) is 8.64. The number of hydrogen-bond donors (Lipinski definition) is 0. The topological polar surface area (TPSA) is 25.8 Å². The highest BCUT2D eigenvalue weighted by molar-refractivity contribution is 5.62. The Hall–Kier alpha value is -1.77. The molecule has 1 aromatic heterocycles. The molecule has 1 saturated carbocycles. The van der Waals surface area contributed by atoms with Gasteiger partial charge in [-0.15, -0.1) is 0 Å². The maximum Gasteiger partial charge on any atom is 0.131 e. The molecule has 0 radical (unpaired) electrons. The maximum atomic E-state index is 14.4. The fourth-order valence-corrected chi connectivity index (χ4v) is 4.59. The summed E-state index contributed by atoms with van der Waals surface area (Å²) in [5, 5.41) is 0. The van der Waals surface area contributed by atoms with Crippen LogP contribution in [0.2, 0.25) is 0 Å². The van der Waals surface area contributed by atoms with Crippen LogP contribution < -0.4 is 0 Å². The number of nitrogens with zero attached hydrogens (tertiary/aromatic N) is 2. The SMILES string of the molecule is CCCCCc1ccc(-c2cnc([C@H]3CC[C@H](CCCCC)CC3)nc2)cc1F. The molecule has 1 heterocycles. The number of aromatic nitrogens is 2. The zero-order valence-corrected chi connectivity index (χ0v) is 18.3. The first-order valence-corrected chi connectivity index (χ1v) is 11.8. The summed E-state index contributed by atoms with van der Waals surface area (Å²) in [5.41, 5.74) is 2.59. The molecule has 1 aliphatic rings. The van der Waals surface area contributed by atoms with Crippen molar-refractivity contribution >= 4 is 0 Å². The Balaban J connectivity index is 1.56. The number of halogens is 1. The van der Waals surface area contributed by atoms with Crippen LogP contribution in [-0.2, 0) is 6.42 Å². The molecule has 2 nitrogen and oxygen atoms in total. The molecule has 2 aromatic rings. The second-order valence-electron chi connectivity index (χ2n) is 8.81. The van der Waals surface area contributed by atoms with Crippen molar-refractivity contribution < 1.29 is 4.39 Å². The minimum absolute atomic E-state index is 0.107. The predicted molar refractivity (Wildman–Crippen MR) is 119 cm³/mol. The lowest BCUT2D eigenvalue weighted by Gasteiger charge is -2.27. The second kappa shape index (κ2) is 11.4. The van der Waals surface area contributed by atoms with E-state index < -0.39 is 0 Å². The Morgan fingerprint density at radius 1 is 0.862 bits per heavy atom. The van der Waals surface area contributed by atoms with Crippen molar-refractivity contribution in [2.45, 2.75) is 96.8 Å². The van der Waals surface area contributed by atoms with Gasteiger partial charge in [-0.1, -0.05) is 64.5 Å². The number of unbranched alkanes of at least 4 members (excludes halogenated alkanes) is 4. The molecule has 0 bridgehead atoms. The fraction of sp³-hybridized carbons (Fsp3) is 0.615. The van der Waals surface area contributed by atoms with E-state index in [0.717, 1.165) is 54.1 Å². The molecular weight excluding hydrogens is 359 g/mol. The van der Waals surface area contributed by atoms with Crippen molar-refractivity contribution in [3.63, 3.8) is 0 Å². The summed E-state index contributed by atoms with van der Waals surface area (Å²) in [4.78, 5) is 9.32. The van der Waals surface area contributed by atoms with Gasteiger partial charge in [0.15, 0.2) is 0 Å². The Morgan fingerprint density at radius 3 is 2.21 bits per heavy atom. The molecule has 1 aromatic carbocycles. The lowest BCUT2D eigenvalue weighted by Crippen LogP contribution is -2.15. The van der Waals surface area contributed by atoms with Crippen LogP contribution in [0.15, 0.2) is 30.6 Å². The minimum Gasteiger partial charge on any atom is -0.240 e. The third-order valence-corrected chi connectivity index (χ3v) is 6.54. The van der Waals surface area contributed by atoms with E-state index >= 15 is 0 Å². The van der Waals surface area contributed by atoms with Gasteiger partial charge in [0, 0.05) is 23.9 Å². The zero-order chi connectivity index (χ0) is 20.5. The molecule has 0 aliphatic heterocycles. The lowest BCUT2D eigenvalue weighted by molar-refractivity contribution is 0.297. The van der Waals surface area contributed by atoms with Gasteiger partial charge >= 0.3 is 0 Å². The minimum atomic E-state index is -0.107. The van der Waals surface area contributed by atoms with E-state index in [4.69, 9.17) is 0 Å². The second-order valence-corrected chi connectivity index (χ2v) is 8.81. The number of benzene rings is 1. The molecule has 1 aliphatic carbocycles. The number of aryl methyl sites for hydroxylation is 1. The monoisotopic (exact) mass is 396 g/mol. The molecule has 3 rings (SSSR count). The van der Waals surface area contributed by atoms with Crippen LogP contribution in [0.1, 0.15) is 102 Å². The van der Waals surface area contributed by atoms with E-state index in [1.165, 1.54) is 51.4 Å². The third kappa shape index (κ3) is 6.35. The summed E-state index contributed by atoms with van der Waals surface area (Å²) in [6.07, 6.45) is 18.4. The fourth-order valence-electron chi connectivity index (χ4n) is 4.59. The van der Waals surface area contributed by atoms with Gasteiger partial charge in [0.25, 0.3) is 0 Å². The summed E-state index contributed by atoms with van der Waals surface area (Å²) >= 11 is 0. The van der Waals surface area contributed by atoms with Gasteiger partial charge in [0.2, 0.25) is 0 Å². The van der Waals surface area contributed by atoms with E-state index in [2.05, 4.69) is 23.8 Å². The van der Waals surface area contributed by atoms with Crippen LogP contribution in [-0.4, -0.2) is 9.97 Å². The van der Waals surface area contributed by atoms with Gasteiger partial charge < -0.3 is 0 Å². The Bertz CT molecular complexity index is 733. The Labute approximate surface area is 176 Å². The van der Waals surface area contributed by atoms with Crippen molar-refractivity contribution in [2.24, 2.45) is 5.92 Å². The maximum absolute atomic E-state index is 14.4. The van der Waals surface area contributed by atoms with Crippen LogP contribution in [0.5, 0.6) is 0 Å². The summed E-state index contributed by atoms with van der Waals surface area (Å²) in [6, 6.07) is 5.57. The van der Waals surface area contributed by atoms with Crippen LogP contribution in [0.4, 0.5) is 4.39 Å². The molecule has 0 spiro atoms. The summed E-state index contributed by atoms with van der Waals surface area (Å²) in [5.74, 6) is 2.25. The molecule has 0 saturated heterocycles. The Morgan fingerprint density at radius 2 is 1.55 bits per heavy atom. The van der Waals surface area contributed by atoms with Gasteiger partial charge in [0.05, 0.1) is 0 Å². The zero-order valence-electron chi connectivity index (χ0n) is 18.3. The van der Waals surface area contributed by atoms with E-state index in [9.17, 15) is 4.39 Å². The first-order valence-electron chi connectivity index (χ1n) is 11.8. The molecule has 0 unspecified atom stereocenters. The first-order chi connectivity index (χ1) is 14.2. The van der Waals surface area contributed by atoms with E-state index in [-0.39, 0.29) is 5.82 Å². The van der Waals surface area contributed by atoms with E-state index in [1.54, 1.807) is 6.07 Å². The van der Waals surface area contributed by atoms with Gasteiger partial charge in [-0.05, 0) is 61.6 Å². The molecule has 158 valence electrons. The normalized spacial score (nSPS) is 19.4. The lowest BCUT2D eigenvalue weighted by atomic mass is 9.79. The first kappa shape index (κ1) is 21.9. The largest absolute Gasteiger partial charge is 0.240 e. The predicted octanol–water partition coefficient (Wildman–Crippen LogP) is 7.87.